The van der Waals surface area contributed by atoms with E-state index in [0.717, 1.165) is 24.3 Å². The maximum absolute atomic E-state index is 13.0. The van der Waals surface area contributed by atoms with E-state index >= 15 is 0 Å². The van der Waals surface area contributed by atoms with E-state index in [1.165, 1.54) is 12.8 Å². The van der Waals surface area contributed by atoms with Gasteiger partial charge < -0.3 is 10.2 Å². The van der Waals surface area contributed by atoms with Crippen LogP contribution in [0.2, 0.25) is 0 Å². The molecule has 0 atom stereocenters. The second-order valence-electron chi connectivity index (χ2n) is 9.42. The molecular weight excluding hydrogens is 330 g/mol. The molecule has 4 amide bonds. The monoisotopic (exact) mass is 363 g/mol. The Bertz CT molecular complexity index is 584. The van der Waals surface area contributed by atoms with Gasteiger partial charge in [0, 0.05) is 13.1 Å². The predicted molar refractivity (Wildman–Crippen MR) is 99.4 cm³/mol. The minimum atomic E-state index is -0.785. The molecule has 6 nitrogen and oxygen atoms in total. The Morgan fingerprint density at radius 2 is 1.81 bits per heavy atom. The van der Waals surface area contributed by atoms with E-state index in [-0.39, 0.29) is 23.8 Å². The summed E-state index contributed by atoms with van der Waals surface area (Å²) in [5, 5.41) is 2.92. The van der Waals surface area contributed by atoms with Crippen LogP contribution in [0.5, 0.6) is 0 Å². The van der Waals surface area contributed by atoms with Gasteiger partial charge in [0.25, 0.3) is 5.91 Å². The number of rotatable bonds is 5. The molecule has 26 heavy (non-hydrogen) atoms. The lowest BCUT2D eigenvalue weighted by Crippen LogP contribution is -2.51. The summed E-state index contributed by atoms with van der Waals surface area (Å²) in [6, 6.07) is -0.403. The first-order chi connectivity index (χ1) is 12.2. The maximum atomic E-state index is 13.0. The van der Waals surface area contributed by atoms with E-state index in [1.807, 2.05) is 6.92 Å². The van der Waals surface area contributed by atoms with E-state index in [4.69, 9.17) is 0 Å². The quantitative estimate of drug-likeness (QED) is 0.764. The van der Waals surface area contributed by atoms with Crippen molar-refractivity contribution < 1.29 is 14.4 Å². The zero-order valence-corrected chi connectivity index (χ0v) is 16.6. The zero-order chi connectivity index (χ0) is 19.1. The fraction of sp³-hybridized carbons (Fsp3) is 0.850. The topological polar surface area (TPSA) is 69.7 Å². The number of hydrogen-bond donors (Lipinski definition) is 1. The standard InChI is InChI=1S/C20H33N3O3/c1-5-22(12-14-6-7-14)16(24)13-23-17(25)20(21-18(23)26)10-8-15(9-11-20)19(2,3)4/h14-15H,5-13H2,1-4H3,(H,21,26). The summed E-state index contributed by atoms with van der Waals surface area (Å²) in [6.07, 6.45) is 5.55. The number of hydrogen-bond acceptors (Lipinski definition) is 3. The molecule has 2 saturated carbocycles. The zero-order valence-electron chi connectivity index (χ0n) is 16.6. The number of urea groups is 1. The van der Waals surface area contributed by atoms with Crippen LogP contribution >= 0.6 is 0 Å². The van der Waals surface area contributed by atoms with Crippen molar-refractivity contribution in [1.29, 1.82) is 0 Å². The molecule has 1 saturated heterocycles. The highest BCUT2D eigenvalue weighted by atomic mass is 16.2. The summed E-state index contributed by atoms with van der Waals surface area (Å²) in [5.74, 6) is 0.831. The summed E-state index contributed by atoms with van der Waals surface area (Å²) in [6.45, 7) is 9.88. The maximum Gasteiger partial charge on any atom is 0.325 e. The number of imide groups is 1. The third-order valence-corrected chi connectivity index (χ3v) is 6.51. The van der Waals surface area contributed by atoms with Crippen molar-refractivity contribution in [1.82, 2.24) is 15.1 Å². The number of nitrogens with one attached hydrogen (secondary N) is 1. The van der Waals surface area contributed by atoms with Crippen molar-refractivity contribution in [3.8, 4) is 0 Å². The molecule has 1 N–H and O–H groups in total. The number of likely N-dealkylation sites (N-methyl/N-ethyl adjacent to an activating group) is 1. The van der Waals surface area contributed by atoms with Gasteiger partial charge in [-0.2, -0.15) is 0 Å². The Labute approximate surface area is 156 Å². The lowest BCUT2D eigenvalue weighted by Gasteiger charge is -2.40. The van der Waals surface area contributed by atoms with Crippen molar-refractivity contribution in [3.63, 3.8) is 0 Å². The summed E-state index contributed by atoms with van der Waals surface area (Å²) < 4.78 is 0. The van der Waals surface area contributed by atoms with Gasteiger partial charge in [-0.15, -0.1) is 0 Å². The molecule has 0 aromatic heterocycles. The Kier molecular flexibility index (Phi) is 5.06. The van der Waals surface area contributed by atoms with Gasteiger partial charge >= 0.3 is 6.03 Å². The van der Waals surface area contributed by atoms with Crippen molar-refractivity contribution in [2.45, 2.75) is 71.8 Å². The van der Waals surface area contributed by atoms with E-state index in [9.17, 15) is 14.4 Å². The summed E-state index contributed by atoms with van der Waals surface area (Å²) >= 11 is 0. The molecule has 1 heterocycles. The number of carbonyl (C=O) groups excluding carboxylic acids is 3. The van der Waals surface area contributed by atoms with Crippen LogP contribution < -0.4 is 5.32 Å². The van der Waals surface area contributed by atoms with Crippen LogP contribution in [0.3, 0.4) is 0 Å². The largest absolute Gasteiger partial charge is 0.341 e. The van der Waals surface area contributed by atoms with Crippen molar-refractivity contribution >= 4 is 17.8 Å². The minimum Gasteiger partial charge on any atom is -0.341 e. The van der Waals surface area contributed by atoms with Crippen molar-refractivity contribution in [3.05, 3.63) is 0 Å². The van der Waals surface area contributed by atoms with Gasteiger partial charge in [-0.3, -0.25) is 14.5 Å². The molecule has 0 unspecified atom stereocenters. The van der Waals surface area contributed by atoms with Gasteiger partial charge in [0.2, 0.25) is 5.91 Å². The molecule has 0 aromatic rings. The van der Waals surface area contributed by atoms with Gasteiger partial charge in [0.15, 0.2) is 0 Å². The van der Waals surface area contributed by atoms with Crippen LogP contribution in [0, 0.1) is 17.3 Å². The Morgan fingerprint density at radius 1 is 1.19 bits per heavy atom. The Morgan fingerprint density at radius 3 is 2.31 bits per heavy atom. The molecule has 146 valence electrons. The van der Waals surface area contributed by atoms with E-state index in [2.05, 4.69) is 26.1 Å². The molecule has 1 spiro atoms. The third kappa shape index (κ3) is 3.74. The highest BCUT2D eigenvalue weighted by molar-refractivity contribution is 6.09. The van der Waals surface area contributed by atoms with E-state index < -0.39 is 11.6 Å². The second-order valence-corrected chi connectivity index (χ2v) is 9.42. The SMILES string of the molecule is CCN(CC1CC1)C(=O)CN1C(=O)NC2(CCC(C(C)(C)C)CC2)C1=O. The van der Waals surface area contributed by atoms with Gasteiger partial charge in [-0.25, -0.2) is 4.79 Å². The Balaban J connectivity index is 1.63. The molecule has 6 heteroatoms. The first-order valence-corrected chi connectivity index (χ1v) is 10.1. The lowest BCUT2D eigenvalue weighted by molar-refractivity contribution is -0.140. The average molecular weight is 364 g/mol. The first kappa shape index (κ1) is 19.2. The molecular formula is C20H33N3O3. The van der Waals surface area contributed by atoms with Gasteiger partial charge in [0.1, 0.15) is 12.1 Å². The van der Waals surface area contributed by atoms with Crippen LogP contribution in [0.25, 0.3) is 0 Å². The molecule has 1 aliphatic heterocycles. The van der Waals surface area contributed by atoms with E-state index in [1.54, 1.807) is 4.90 Å². The van der Waals surface area contributed by atoms with Crippen molar-refractivity contribution in [2.24, 2.45) is 17.3 Å². The minimum absolute atomic E-state index is 0.122. The fourth-order valence-electron chi connectivity index (χ4n) is 4.39. The van der Waals surface area contributed by atoms with E-state index in [0.29, 0.717) is 31.2 Å². The summed E-state index contributed by atoms with van der Waals surface area (Å²) in [5.41, 5.74) is -0.569. The molecule has 3 aliphatic rings. The Hall–Kier alpha value is -1.59. The molecule has 3 rings (SSSR count). The molecule has 0 bridgehead atoms. The van der Waals surface area contributed by atoms with Gasteiger partial charge in [-0.05, 0) is 62.7 Å². The van der Waals surface area contributed by atoms with Crippen LogP contribution in [-0.2, 0) is 9.59 Å². The predicted octanol–water partition coefficient (Wildman–Crippen LogP) is 2.77. The smallest absolute Gasteiger partial charge is 0.325 e. The van der Waals surface area contributed by atoms with Gasteiger partial charge in [-0.1, -0.05) is 20.8 Å². The highest BCUT2D eigenvalue weighted by Crippen LogP contribution is 2.43. The molecule has 0 radical (unpaired) electrons. The average Bonchev–Trinajstić information content (AvgIpc) is 3.36. The fourth-order valence-corrected chi connectivity index (χ4v) is 4.39. The number of carbonyl (C=O) groups is 3. The lowest BCUT2D eigenvalue weighted by atomic mass is 9.67. The third-order valence-electron chi connectivity index (χ3n) is 6.51. The van der Waals surface area contributed by atoms with Crippen LogP contribution in [0.15, 0.2) is 0 Å². The summed E-state index contributed by atoms with van der Waals surface area (Å²) in [4.78, 5) is 41.0. The summed E-state index contributed by atoms with van der Waals surface area (Å²) in [7, 11) is 0. The first-order valence-electron chi connectivity index (χ1n) is 10.1. The normalized spacial score (nSPS) is 29.2. The molecule has 2 aliphatic carbocycles. The molecule has 0 aromatic carbocycles. The highest BCUT2D eigenvalue weighted by Gasteiger charge is 2.53. The number of nitrogens with zero attached hydrogens (tertiary/aromatic N) is 2. The second kappa shape index (κ2) is 6.86. The van der Waals surface area contributed by atoms with Crippen molar-refractivity contribution in [2.75, 3.05) is 19.6 Å². The molecule has 3 fully saturated rings. The van der Waals surface area contributed by atoms with Gasteiger partial charge in [0.05, 0.1) is 0 Å². The number of amides is 4. The van der Waals surface area contributed by atoms with Crippen LogP contribution in [-0.4, -0.2) is 52.8 Å². The van der Waals surface area contributed by atoms with Crippen LogP contribution in [0.1, 0.15) is 66.2 Å². The van der Waals surface area contributed by atoms with Crippen LogP contribution in [0.4, 0.5) is 4.79 Å².